The molecule has 0 aliphatic rings. The maximum Gasteiger partial charge on any atom is 0.409 e. The molecular weight excluding hydrogens is 180 g/mol. The molecule has 0 saturated carbocycles. The smallest absolute Gasteiger partial charge is 0.409 e. The van der Waals surface area contributed by atoms with Crippen molar-refractivity contribution >= 4 is 6.09 Å². The number of likely N-dealkylation sites (N-methyl/N-ethyl adjacent to an activating group) is 1. The summed E-state index contributed by atoms with van der Waals surface area (Å²) in [5.74, 6) is 0. The second kappa shape index (κ2) is 5.20. The van der Waals surface area contributed by atoms with Crippen LogP contribution in [-0.4, -0.2) is 44.8 Å². The van der Waals surface area contributed by atoms with E-state index >= 15 is 0 Å². The van der Waals surface area contributed by atoms with Crippen LogP contribution in [0.15, 0.2) is 0 Å². The number of carbonyl (C=O) groups excluding carboxylic acids is 1. The van der Waals surface area contributed by atoms with Gasteiger partial charge in [0.2, 0.25) is 0 Å². The fraction of sp³-hybridized carbons (Fsp3) is 0.900. The van der Waals surface area contributed by atoms with Gasteiger partial charge in [0.05, 0.1) is 0 Å². The van der Waals surface area contributed by atoms with Crippen molar-refractivity contribution in [2.75, 3.05) is 27.7 Å². The van der Waals surface area contributed by atoms with Crippen LogP contribution < -0.4 is 5.32 Å². The summed E-state index contributed by atoms with van der Waals surface area (Å²) in [4.78, 5) is 12.6. The van der Waals surface area contributed by atoms with Crippen molar-refractivity contribution in [1.29, 1.82) is 0 Å². The second-order valence-electron chi connectivity index (χ2n) is 4.68. The zero-order valence-electron chi connectivity index (χ0n) is 10.0. The summed E-state index contributed by atoms with van der Waals surface area (Å²) in [7, 11) is 5.22. The van der Waals surface area contributed by atoms with Crippen molar-refractivity contribution in [3.05, 3.63) is 0 Å². The molecule has 0 bridgehead atoms. The predicted octanol–water partition coefficient (Wildman–Crippen LogP) is 1.32. The highest BCUT2D eigenvalue weighted by molar-refractivity contribution is 5.66. The molecule has 0 saturated heterocycles. The number of carbonyl (C=O) groups is 1. The molecule has 0 rings (SSSR count). The van der Waals surface area contributed by atoms with Gasteiger partial charge >= 0.3 is 6.09 Å². The first kappa shape index (κ1) is 13.2. The standard InChI is InChI=1S/C10H22N2O2/c1-10(2,3)8(11-4)7-14-9(13)12(5)6/h8,11H,7H2,1-6H3. The van der Waals surface area contributed by atoms with Crippen molar-refractivity contribution < 1.29 is 9.53 Å². The number of nitrogens with zero attached hydrogens (tertiary/aromatic N) is 1. The average molecular weight is 202 g/mol. The molecule has 84 valence electrons. The Balaban J connectivity index is 4.04. The second-order valence-corrected chi connectivity index (χ2v) is 4.68. The molecule has 0 fully saturated rings. The highest BCUT2D eigenvalue weighted by Crippen LogP contribution is 2.19. The minimum absolute atomic E-state index is 0.0847. The third-order valence-electron chi connectivity index (χ3n) is 2.13. The minimum Gasteiger partial charge on any atom is -0.448 e. The first-order valence-electron chi connectivity index (χ1n) is 4.80. The first-order chi connectivity index (χ1) is 6.29. The van der Waals surface area contributed by atoms with Crippen LogP contribution in [0.5, 0.6) is 0 Å². The van der Waals surface area contributed by atoms with Gasteiger partial charge in [-0.05, 0) is 12.5 Å². The summed E-state index contributed by atoms with van der Waals surface area (Å²) in [6, 6.07) is 0.173. The number of ether oxygens (including phenoxy) is 1. The van der Waals surface area contributed by atoms with E-state index in [1.54, 1.807) is 14.1 Å². The highest BCUT2D eigenvalue weighted by atomic mass is 16.6. The Morgan fingerprint density at radius 1 is 1.43 bits per heavy atom. The van der Waals surface area contributed by atoms with Gasteiger partial charge in [0, 0.05) is 20.1 Å². The number of hydrogen-bond acceptors (Lipinski definition) is 3. The number of nitrogens with one attached hydrogen (secondary N) is 1. The average Bonchev–Trinajstić information content (AvgIpc) is 2.02. The van der Waals surface area contributed by atoms with E-state index in [4.69, 9.17) is 4.74 Å². The van der Waals surface area contributed by atoms with E-state index in [9.17, 15) is 4.79 Å². The lowest BCUT2D eigenvalue weighted by molar-refractivity contribution is 0.0886. The maximum absolute atomic E-state index is 11.2. The van der Waals surface area contributed by atoms with E-state index in [1.165, 1.54) is 4.90 Å². The predicted molar refractivity (Wildman–Crippen MR) is 57.3 cm³/mol. The summed E-state index contributed by atoms with van der Waals surface area (Å²) < 4.78 is 5.11. The Morgan fingerprint density at radius 2 is 1.93 bits per heavy atom. The van der Waals surface area contributed by atoms with E-state index in [0.717, 1.165) is 0 Å². The zero-order chi connectivity index (χ0) is 11.4. The third kappa shape index (κ3) is 4.46. The molecule has 1 N–H and O–H groups in total. The van der Waals surface area contributed by atoms with Gasteiger partial charge in [-0.25, -0.2) is 4.79 Å². The largest absolute Gasteiger partial charge is 0.448 e. The monoisotopic (exact) mass is 202 g/mol. The zero-order valence-corrected chi connectivity index (χ0v) is 10.0. The van der Waals surface area contributed by atoms with Crippen LogP contribution >= 0.6 is 0 Å². The molecule has 0 aliphatic heterocycles. The molecule has 4 nitrogen and oxygen atoms in total. The summed E-state index contributed by atoms with van der Waals surface area (Å²) in [5, 5.41) is 3.14. The molecule has 0 aromatic carbocycles. The van der Waals surface area contributed by atoms with Crippen LogP contribution in [0.4, 0.5) is 4.79 Å². The summed E-state index contributed by atoms with van der Waals surface area (Å²) in [6.07, 6.45) is -0.297. The fourth-order valence-corrected chi connectivity index (χ4v) is 1.05. The maximum atomic E-state index is 11.2. The van der Waals surface area contributed by atoms with Crippen LogP contribution in [0.1, 0.15) is 20.8 Å². The van der Waals surface area contributed by atoms with Gasteiger partial charge in [-0.1, -0.05) is 20.8 Å². The lowest BCUT2D eigenvalue weighted by Gasteiger charge is -2.30. The van der Waals surface area contributed by atoms with Crippen LogP contribution in [0.3, 0.4) is 0 Å². The normalized spacial score (nSPS) is 13.6. The van der Waals surface area contributed by atoms with Gasteiger partial charge in [0.15, 0.2) is 0 Å². The van der Waals surface area contributed by atoms with Crippen LogP contribution in [-0.2, 0) is 4.74 Å². The molecule has 1 unspecified atom stereocenters. The molecule has 14 heavy (non-hydrogen) atoms. The van der Waals surface area contributed by atoms with Crippen molar-refractivity contribution in [1.82, 2.24) is 10.2 Å². The van der Waals surface area contributed by atoms with Crippen LogP contribution in [0, 0.1) is 5.41 Å². The number of amides is 1. The number of rotatable bonds is 3. The molecule has 0 aromatic rings. The van der Waals surface area contributed by atoms with Gasteiger partial charge in [-0.3, -0.25) is 0 Å². The van der Waals surface area contributed by atoms with E-state index < -0.39 is 0 Å². The Bertz CT molecular complexity index is 185. The lowest BCUT2D eigenvalue weighted by atomic mass is 9.87. The van der Waals surface area contributed by atoms with E-state index in [-0.39, 0.29) is 17.6 Å². The van der Waals surface area contributed by atoms with Gasteiger partial charge < -0.3 is 15.0 Å². The Kier molecular flexibility index (Phi) is 4.91. The van der Waals surface area contributed by atoms with Gasteiger partial charge in [-0.15, -0.1) is 0 Å². The molecule has 0 heterocycles. The summed E-state index contributed by atoms with van der Waals surface area (Å²) in [5.41, 5.74) is 0.0847. The first-order valence-corrected chi connectivity index (χ1v) is 4.80. The van der Waals surface area contributed by atoms with Crippen molar-refractivity contribution in [3.8, 4) is 0 Å². The fourth-order valence-electron chi connectivity index (χ4n) is 1.05. The van der Waals surface area contributed by atoms with Crippen LogP contribution in [0.2, 0.25) is 0 Å². The Morgan fingerprint density at radius 3 is 2.21 bits per heavy atom. The Labute approximate surface area is 86.6 Å². The molecule has 0 radical (unpaired) electrons. The Hall–Kier alpha value is -0.770. The molecule has 1 amide bonds. The SMILES string of the molecule is CNC(COC(=O)N(C)C)C(C)(C)C. The van der Waals surface area contributed by atoms with Crippen molar-refractivity contribution in [2.24, 2.45) is 5.41 Å². The summed E-state index contributed by atoms with van der Waals surface area (Å²) in [6.45, 7) is 6.73. The lowest BCUT2D eigenvalue weighted by Crippen LogP contribution is -2.43. The molecular formula is C10H22N2O2. The van der Waals surface area contributed by atoms with Crippen molar-refractivity contribution in [3.63, 3.8) is 0 Å². The van der Waals surface area contributed by atoms with Crippen molar-refractivity contribution in [2.45, 2.75) is 26.8 Å². The molecule has 0 spiro atoms. The molecule has 4 heteroatoms. The van der Waals surface area contributed by atoms with Gasteiger partial charge in [0.1, 0.15) is 6.61 Å². The number of hydrogen-bond donors (Lipinski definition) is 1. The van der Waals surface area contributed by atoms with E-state index in [0.29, 0.717) is 6.61 Å². The third-order valence-corrected chi connectivity index (χ3v) is 2.13. The van der Waals surface area contributed by atoms with Crippen LogP contribution in [0.25, 0.3) is 0 Å². The topological polar surface area (TPSA) is 41.6 Å². The summed E-state index contributed by atoms with van der Waals surface area (Å²) >= 11 is 0. The molecule has 0 aliphatic carbocycles. The molecule has 0 aromatic heterocycles. The van der Waals surface area contributed by atoms with Gasteiger partial charge in [0.25, 0.3) is 0 Å². The van der Waals surface area contributed by atoms with Gasteiger partial charge in [-0.2, -0.15) is 0 Å². The quantitative estimate of drug-likeness (QED) is 0.750. The molecule has 1 atom stereocenters. The van der Waals surface area contributed by atoms with E-state index in [2.05, 4.69) is 26.1 Å². The van der Waals surface area contributed by atoms with E-state index in [1.807, 2.05) is 7.05 Å². The highest BCUT2D eigenvalue weighted by Gasteiger charge is 2.24. The minimum atomic E-state index is -0.297.